The highest BCUT2D eigenvalue weighted by atomic mass is 16.5. The van der Waals surface area contributed by atoms with Gasteiger partial charge in [-0.05, 0) is 32.6 Å². The molecule has 5 nitrogen and oxygen atoms in total. The average molecular weight is 266 g/mol. The van der Waals surface area contributed by atoms with E-state index in [1.165, 1.54) is 6.92 Å². The Morgan fingerprint density at radius 2 is 1.95 bits per heavy atom. The van der Waals surface area contributed by atoms with Crippen molar-refractivity contribution >= 4 is 11.9 Å². The van der Waals surface area contributed by atoms with Crippen molar-refractivity contribution in [1.29, 1.82) is 5.26 Å². The van der Waals surface area contributed by atoms with Crippen LogP contribution in [-0.4, -0.2) is 23.5 Å². The van der Waals surface area contributed by atoms with Crippen molar-refractivity contribution in [2.24, 2.45) is 11.8 Å². The van der Waals surface area contributed by atoms with Gasteiger partial charge < -0.3 is 10.1 Å². The van der Waals surface area contributed by atoms with Gasteiger partial charge in [-0.25, -0.2) is 0 Å². The molecule has 1 rings (SSSR count). The van der Waals surface area contributed by atoms with Crippen molar-refractivity contribution in [2.45, 2.75) is 58.6 Å². The van der Waals surface area contributed by atoms with Gasteiger partial charge in [0.2, 0.25) is 0 Å². The lowest BCUT2D eigenvalue weighted by Gasteiger charge is -2.29. The SMILES string of the molecule is CC(OC(=O)C1CCC1)C(=O)NC(C)(C#N)C(C)C. The summed E-state index contributed by atoms with van der Waals surface area (Å²) in [6.07, 6.45) is 1.86. The molecule has 5 heteroatoms. The van der Waals surface area contributed by atoms with Crippen LogP contribution in [0.15, 0.2) is 0 Å². The largest absolute Gasteiger partial charge is 0.452 e. The lowest BCUT2D eigenvalue weighted by molar-refractivity contribution is -0.161. The van der Waals surface area contributed by atoms with E-state index in [0.29, 0.717) is 0 Å². The van der Waals surface area contributed by atoms with Crippen molar-refractivity contribution in [3.05, 3.63) is 0 Å². The van der Waals surface area contributed by atoms with Crippen molar-refractivity contribution in [3.8, 4) is 6.07 Å². The molecule has 2 atom stereocenters. The third-order valence-electron chi connectivity index (χ3n) is 3.87. The number of hydrogen-bond acceptors (Lipinski definition) is 4. The first-order valence-corrected chi connectivity index (χ1v) is 6.74. The Labute approximate surface area is 114 Å². The molecule has 1 aliphatic carbocycles. The van der Waals surface area contributed by atoms with E-state index in [2.05, 4.69) is 11.4 Å². The van der Waals surface area contributed by atoms with Crippen molar-refractivity contribution in [1.82, 2.24) is 5.32 Å². The maximum atomic E-state index is 11.9. The fraction of sp³-hybridized carbons (Fsp3) is 0.786. The molecular formula is C14H22N2O3. The Bertz CT molecular complexity index is 396. The lowest BCUT2D eigenvalue weighted by Crippen LogP contribution is -2.52. The Hall–Kier alpha value is -1.57. The molecule has 0 aromatic rings. The molecule has 1 amide bonds. The normalized spacial score (nSPS) is 19.8. The van der Waals surface area contributed by atoms with Crippen LogP contribution in [0.5, 0.6) is 0 Å². The second kappa shape index (κ2) is 6.05. The van der Waals surface area contributed by atoms with E-state index in [9.17, 15) is 9.59 Å². The number of hydrogen-bond donors (Lipinski definition) is 1. The van der Waals surface area contributed by atoms with Gasteiger partial charge in [0.25, 0.3) is 5.91 Å². The molecule has 0 bridgehead atoms. The number of nitriles is 1. The van der Waals surface area contributed by atoms with Gasteiger partial charge >= 0.3 is 5.97 Å². The van der Waals surface area contributed by atoms with E-state index < -0.39 is 17.6 Å². The smallest absolute Gasteiger partial charge is 0.309 e. The average Bonchev–Trinajstić information content (AvgIpc) is 2.25. The highest BCUT2D eigenvalue weighted by molar-refractivity contribution is 5.84. The van der Waals surface area contributed by atoms with E-state index in [-0.39, 0.29) is 17.8 Å². The summed E-state index contributed by atoms with van der Waals surface area (Å²) in [6.45, 7) is 6.91. The van der Waals surface area contributed by atoms with Crippen molar-refractivity contribution in [2.75, 3.05) is 0 Å². The molecule has 106 valence electrons. The molecule has 1 N–H and O–H groups in total. The van der Waals surface area contributed by atoms with Crippen LogP contribution in [0.4, 0.5) is 0 Å². The zero-order chi connectivity index (χ0) is 14.6. The number of carbonyl (C=O) groups excluding carboxylic acids is 2. The highest BCUT2D eigenvalue weighted by Crippen LogP contribution is 2.27. The Kier molecular flexibility index (Phi) is 4.93. The van der Waals surface area contributed by atoms with Crippen LogP contribution in [0.1, 0.15) is 47.0 Å². The standard InChI is InChI=1S/C14H22N2O3/c1-9(2)14(4,8-15)16-12(17)10(3)19-13(18)11-6-5-7-11/h9-11H,5-7H2,1-4H3,(H,16,17). The van der Waals surface area contributed by atoms with Crippen LogP contribution in [0.3, 0.4) is 0 Å². The van der Waals surface area contributed by atoms with Gasteiger partial charge in [-0.1, -0.05) is 20.3 Å². The zero-order valence-corrected chi connectivity index (χ0v) is 12.0. The topological polar surface area (TPSA) is 79.2 Å². The van der Waals surface area contributed by atoms with Crippen LogP contribution in [0.25, 0.3) is 0 Å². The monoisotopic (exact) mass is 266 g/mol. The number of rotatable bonds is 5. The molecule has 0 radical (unpaired) electrons. The molecule has 0 aromatic heterocycles. The first-order chi connectivity index (χ1) is 8.80. The highest BCUT2D eigenvalue weighted by Gasteiger charge is 2.34. The zero-order valence-electron chi connectivity index (χ0n) is 12.0. The molecule has 0 heterocycles. The number of nitrogens with zero attached hydrogens (tertiary/aromatic N) is 1. The summed E-state index contributed by atoms with van der Waals surface area (Å²) in [7, 11) is 0. The van der Waals surface area contributed by atoms with Gasteiger partial charge in [-0.3, -0.25) is 9.59 Å². The second-order valence-electron chi connectivity index (χ2n) is 5.67. The fourth-order valence-electron chi connectivity index (χ4n) is 1.63. The third kappa shape index (κ3) is 3.69. The Morgan fingerprint density at radius 1 is 1.37 bits per heavy atom. The summed E-state index contributed by atoms with van der Waals surface area (Å²) in [6, 6.07) is 2.09. The quantitative estimate of drug-likeness (QED) is 0.769. The maximum absolute atomic E-state index is 11.9. The van der Waals surface area contributed by atoms with Crippen LogP contribution < -0.4 is 5.32 Å². The van der Waals surface area contributed by atoms with Crippen molar-refractivity contribution in [3.63, 3.8) is 0 Å². The third-order valence-corrected chi connectivity index (χ3v) is 3.87. The summed E-state index contributed by atoms with van der Waals surface area (Å²) < 4.78 is 5.13. The molecule has 1 fully saturated rings. The molecule has 2 unspecified atom stereocenters. The van der Waals surface area contributed by atoms with Crippen LogP contribution in [-0.2, 0) is 14.3 Å². The molecule has 0 saturated heterocycles. The van der Waals surface area contributed by atoms with Crippen LogP contribution in [0.2, 0.25) is 0 Å². The summed E-state index contributed by atoms with van der Waals surface area (Å²) in [4.78, 5) is 23.6. The minimum absolute atomic E-state index is 0.0315. The molecule has 0 spiro atoms. The fourth-order valence-corrected chi connectivity index (χ4v) is 1.63. The first kappa shape index (κ1) is 15.5. The second-order valence-corrected chi connectivity index (χ2v) is 5.67. The van der Waals surface area contributed by atoms with E-state index in [4.69, 9.17) is 10.00 Å². The number of amides is 1. The predicted octanol–water partition coefficient (Wildman–Crippen LogP) is 1.77. The maximum Gasteiger partial charge on any atom is 0.309 e. The van der Waals surface area contributed by atoms with Gasteiger partial charge in [0.1, 0.15) is 5.54 Å². The molecule has 0 aliphatic heterocycles. The number of nitrogens with one attached hydrogen (secondary N) is 1. The summed E-state index contributed by atoms with van der Waals surface area (Å²) in [5.74, 6) is -0.818. The minimum Gasteiger partial charge on any atom is -0.452 e. The summed E-state index contributed by atoms with van der Waals surface area (Å²) in [5.41, 5.74) is -0.950. The van der Waals surface area contributed by atoms with Gasteiger partial charge in [0.05, 0.1) is 12.0 Å². The number of carbonyl (C=O) groups is 2. The number of esters is 1. The van der Waals surface area contributed by atoms with E-state index >= 15 is 0 Å². The Morgan fingerprint density at radius 3 is 2.32 bits per heavy atom. The van der Waals surface area contributed by atoms with E-state index in [0.717, 1.165) is 19.3 Å². The van der Waals surface area contributed by atoms with Gasteiger partial charge in [-0.15, -0.1) is 0 Å². The minimum atomic E-state index is -0.950. The Balaban J connectivity index is 2.52. The van der Waals surface area contributed by atoms with Crippen LogP contribution in [0, 0.1) is 23.2 Å². The van der Waals surface area contributed by atoms with E-state index in [1.54, 1.807) is 6.92 Å². The first-order valence-electron chi connectivity index (χ1n) is 6.74. The molecule has 1 aliphatic rings. The molecular weight excluding hydrogens is 244 g/mol. The van der Waals surface area contributed by atoms with E-state index in [1.807, 2.05) is 13.8 Å². The predicted molar refractivity (Wildman–Crippen MR) is 69.9 cm³/mol. The molecule has 0 aromatic carbocycles. The molecule has 19 heavy (non-hydrogen) atoms. The van der Waals surface area contributed by atoms with Gasteiger partial charge in [0, 0.05) is 0 Å². The van der Waals surface area contributed by atoms with Gasteiger partial charge in [-0.2, -0.15) is 5.26 Å². The summed E-state index contributed by atoms with van der Waals surface area (Å²) in [5, 5.41) is 11.8. The lowest BCUT2D eigenvalue weighted by atomic mass is 9.85. The van der Waals surface area contributed by atoms with Gasteiger partial charge in [0.15, 0.2) is 6.10 Å². The number of ether oxygens (including phenoxy) is 1. The van der Waals surface area contributed by atoms with Crippen molar-refractivity contribution < 1.29 is 14.3 Å². The summed E-state index contributed by atoms with van der Waals surface area (Å²) >= 11 is 0. The molecule has 1 saturated carbocycles. The van der Waals surface area contributed by atoms with Crippen LogP contribution >= 0.6 is 0 Å².